The van der Waals surface area contributed by atoms with Crippen LogP contribution in [0.1, 0.15) is 71.1 Å². The van der Waals surface area contributed by atoms with E-state index in [0.717, 1.165) is 19.3 Å². The van der Waals surface area contributed by atoms with Crippen molar-refractivity contribution in [2.75, 3.05) is 6.61 Å². The van der Waals surface area contributed by atoms with Crippen molar-refractivity contribution in [1.29, 1.82) is 0 Å². The van der Waals surface area contributed by atoms with Gasteiger partial charge >= 0.3 is 5.97 Å². The molecule has 0 saturated carbocycles. The maximum absolute atomic E-state index is 11.5. The SMILES string of the molecule is CCCCCCCCCCCCOC(=O)[C@@H](O)[C@@H](O)[C@H](O)[C@H](O)C=O. The summed E-state index contributed by atoms with van der Waals surface area (Å²) in [5.74, 6) is -1.08. The predicted octanol–water partition coefficient (Wildman–Crippen LogP) is 1.09. The molecule has 0 aromatic carbocycles. The number of rotatable bonds is 16. The minimum atomic E-state index is -2.01. The van der Waals surface area contributed by atoms with Crippen LogP contribution in [0.4, 0.5) is 0 Å². The summed E-state index contributed by atoms with van der Waals surface area (Å²) < 4.78 is 4.83. The van der Waals surface area contributed by atoms with Crippen LogP contribution in [-0.4, -0.2) is 63.7 Å². The maximum Gasteiger partial charge on any atom is 0.337 e. The van der Waals surface area contributed by atoms with Gasteiger partial charge in [0, 0.05) is 0 Å². The summed E-state index contributed by atoms with van der Waals surface area (Å²) in [7, 11) is 0. The fourth-order valence-corrected chi connectivity index (χ4v) is 2.46. The molecule has 0 aliphatic carbocycles. The Balaban J connectivity index is 3.67. The highest BCUT2D eigenvalue weighted by Gasteiger charge is 2.35. The first-order chi connectivity index (χ1) is 12.0. The van der Waals surface area contributed by atoms with Gasteiger partial charge < -0.3 is 30.0 Å². The Labute approximate surface area is 150 Å². The summed E-state index contributed by atoms with van der Waals surface area (Å²) in [6.45, 7) is 2.31. The Bertz CT molecular complexity index is 348. The summed E-state index contributed by atoms with van der Waals surface area (Å²) in [6, 6.07) is 0. The average molecular weight is 362 g/mol. The third-order valence-electron chi connectivity index (χ3n) is 4.15. The van der Waals surface area contributed by atoms with Gasteiger partial charge in [-0.1, -0.05) is 64.7 Å². The summed E-state index contributed by atoms with van der Waals surface area (Å²) in [4.78, 5) is 21.9. The van der Waals surface area contributed by atoms with Crippen molar-refractivity contribution in [1.82, 2.24) is 0 Å². The van der Waals surface area contributed by atoms with Gasteiger partial charge in [0.1, 0.15) is 18.3 Å². The Morgan fingerprint density at radius 1 is 0.840 bits per heavy atom. The topological polar surface area (TPSA) is 124 Å². The molecule has 0 aliphatic rings. The van der Waals surface area contributed by atoms with Crippen molar-refractivity contribution in [3.63, 3.8) is 0 Å². The van der Waals surface area contributed by atoms with Crippen molar-refractivity contribution < 1.29 is 34.8 Å². The third kappa shape index (κ3) is 11.3. The molecule has 0 fully saturated rings. The van der Waals surface area contributed by atoms with Gasteiger partial charge in [0.2, 0.25) is 0 Å². The molecule has 0 amide bonds. The Kier molecular flexibility index (Phi) is 14.6. The Morgan fingerprint density at radius 3 is 1.80 bits per heavy atom. The fraction of sp³-hybridized carbons (Fsp3) is 0.889. The first kappa shape index (κ1) is 24.0. The van der Waals surface area contributed by atoms with Crippen LogP contribution in [0.3, 0.4) is 0 Å². The van der Waals surface area contributed by atoms with Crippen molar-refractivity contribution in [2.45, 2.75) is 95.5 Å². The second-order valence-electron chi connectivity index (χ2n) is 6.40. The lowest BCUT2D eigenvalue weighted by Gasteiger charge is -2.22. The zero-order valence-electron chi connectivity index (χ0n) is 15.2. The molecule has 0 bridgehead atoms. The minimum absolute atomic E-state index is 0.00967. The number of esters is 1. The average Bonchev–Trinajstić information content (AvgIpc) is 2.63. The number of aliphatic hydroxyl groups is 4. The molecule has 25 heavy (non-hydrogen) atoms. The van der Waals surface area contributed by atoms with Gasteiger partial charge in [-0.3, -0.25) is 0 Å². The van der Waals surface area contributed by atoms with E-state index in [4.69, 9.17) is 9.84 Å². The normalized spacial score (nSPS) is 16.0. The highest BCUT2D eigenvalue weighted by atomic mass is 16.5. The van der Waals surface area contributed by atoms with E-state index in [0.29, 0.717) is 6.42 Å². The summed E-state index contributed by atoms with van der Waals surface area (Å²) in [6.07, 6.45) is 3.59. The smallest absolute Gasteiger partial charge is 0.337 e. The summed E-state index contributed by atoms with van der Waals surface area (Å²) >= 11 is 0. The van der Waals surface area contributed by atoms with Crippen LogP contribution in [0, 0.1) is 0 Å². The van der Waals surface area contributed by atoms with Crippen LogP contribution in [0.5, 0.6) is 0 Å². The molecule has 4 atom stereocenters. The van der Waals surface area contributed by atoms with Gasteiger partial charge in [0.25, 0.3) is 0 Å². The van der Waals surface area contributed by atoms with Crippen LogP contribution < -0.4 is 0 Å². The molecule has 0 heterocycles. The van der Waals surface area contributed by atoms with Crippen LogP contribution in [0.2, 0.25) is 0 Å². The van der Waals surface area contributed by atoms with Crippen molar-refractivity contribution in [3.8, 4) is 0 Å². The molecule has 0 unspecified atom stereocenters. The van der Waals surface area contributed by atoms with Crippen molar-refractivity contribution >= 4 is 12.3 Å². The van der Waals surface area contributed by atoms with Crippen molar-refractivity contribution in [2.24, 2.45) is 0 Å². The Morgan fingerprint density at radius 2 is 1.32 bits per heavy atom. The predicted molar refractivity (Wildman–Crippen MR) is 92.9 cm³/mol. The standard InChI is InChI=1S/C18H34O7/c1-2-3-4-5-6-7-8-9-10-11-12-25-18(24)17(23)16(22)15(21)14(20)13-19/h13-17,20-23H,2-12H2,1H3/t14-,15-,16+,17+/m1/s1. The van der Waals surface area contributed by atoms with Crippen LogP contribution in [-0.2, 0) is 14.3 Å². The Hall–Kier alpha value is -1.02. The van der Waals surface area contributed by atoms with E-state index in [9.17, 15) is 24.9 Å². The van der Waals surface area contributed by atoms with E-state index in [1.54, 1.807) is 0 Å². The van der Waals surface area contributed by atoms with Crippen molar-refractivity contribution in [3.05, 3.63) is 0 Å². The van der Waals surface area contributed by atoms with E-state index >= 15 is 0 Å². The van der Waals surface area contributed by atoms with Gasteiger partial charge in [-0.15, -0.1) is 0 Å². The van der Waals surface area contributed by atoms with E-state index in [1.165, 1.54) is 38.5 Å². The molecule has 4 N–H and O–H groups in total. The van der Waals surface area contributed by atoms with Crippen LogP contribution >= 0.6 is 0 Å². The zero-order chi connectivity index (χ0) is 19.1. The number of carbonyl (C=O) groups is 2. The molecular formula is C18H34O7. The largest absolute Gasteiger partial charge is 0.464 e. The molecule has 0 rings (SSSR count). The third-order valence-corrected chi connectivity index (χ3v) is 4.15. The van der Waals surface area contributed by atoms with E-state index in [2.05, 4.69) is 6.92 Å². The van der Waals surface area contributed by atoms with Gasteiger partial charge in [-0.2, -0.15) is 0 Å². The van der Waals surface area contributed by atoms with E-state index in [-0.39, 0.29) is 12.9 Å². The number of aldehydes is 1. The molecule has 7 nitrogen and oxygen atoms in total. The monoisotopic (exact) mass is 362 g/mol. The van der Waals surface area contributed by atoms with Gasteiger partial charge in [-0.05, 0) is 6.42 Å². The first-order valence-corrected chi connectivity index (χ1v) is 9.29. The van der Waals surface area contributed by atoms with E-state index in [1.807, 2.05) is 0 Å². The first-order valence-electron chi connectivity index (χ1n) is 9.29. The second kappa shape index (κ2) is 15.3. The lowest BCUT2D eigenvalue weighted by atomic mass is 10.0. The molecule has 148 valence electrons. The number of carbonyl (C=O) groups excluding carboxylic acids is 2. The lowest BCUT2D eigenvalue weighted by Crippen LogP contribution is -2.48. The fourth-order valence-electron chi connectivity index (χ4n) is 2.46. The summed E-state index contributed by atoms with van der Waals surface area (Å²) in [5, 5.41) is 37.5. The van der Waals surface area contributed by atoms with Gasteiger partial charge in [0.15, 0.2) is 12.4 Å². The molecule has 0 spiro atoms. The lowest BCUT2D eigenvalue weighted by molar-refractivity contribution is -0.169. The quantitative estimate of drug-likeness (QED) is 0.184. The molecule has 0 saturated heterocycles. The number of hydrogen-bond donors (Lipinski definition) is 4. The minimum Gasteiger partial charge on any atom is -0.464 e. The van der Waals surface area contributed by atoms with Crippen LogP contribution in [0.15, 0.2) is 0 Å². The highest BCUT2D eigenvalue weighted by Crippen LogP contribution is 2.11. The zero-order valence-corrected chi connectivity index (χ0v) is 15.2. The number of aliphatic hydroxyl groups excluding tert-OH is 4. The molecule has 0 aromatic rings. The highest BCUT2D eigenvalue weighted by molar-refractivity contribution is 5.75. The maximum atomic E-state index is 11.5. The number of hydrogen-bond acceptors (Lipinski definition) is 7. The molecule has 0 aromatic heterocycles. The molecule has 0 radical (unpaired) electrons. The second-order valence-corrected chi connectivity index (χ2v) is 6.40. The van der Waals surface area contributed by atoms with E-state index < -0.39 is 30.4 Å². The van der Waals surface area contributed by atoms with Gasteiger partial charge in [0.05, 0.1) is 6.61 Å². The summed E-state index contributed by atoms with van der Waals surface area (Å²) in [5.41, 5.74) is 0. The number of ether oxygens (including phenoxy) is 1. The molecular weight excluding hydrogens is 328 g/mol. The molecule has 0 aliphatic heterocycles. The van der Waals surface area contributed by atoms with Gasteiger partial charge in [-0.25, -0.2) is 4.79 Å². The van der Waals surface area contributed by atoms with Crippen LogP contribution in [0.25, 0.3) is 0 Å². The molecule has 7 heteroatoms. The number of unbranched alkanes of at least 4 members (excludes halogenated alkanes) is 9.